The fourth-order valence-electron chi connectivity index (χ4n) is 0.653. The predicted molar refractivity (Wildman–Crippen MR) is 56.3 cm³/mol. The standard InChI is InChI=1S/C9H16O4S/c1-2-9(14)13-8-7-12-6-5-11-4-3-10/h1,9-10,14H,3-8H2. The number of ether oxygens (including phenoxy) is 3. The first-order chi connectivity index (χ1) is 6.81. The number of hydrogen-bond donors (Lipinski definition) is 2. The zero-order valence-electron chi connectivity index (χ0n) is 8.02. The maximum Gasteiger partial charge on any atom is 0.161 e. The molecule has 0 amide bonds. The highest BCUT2D eigenvalue weighted by Gasteiger charge is 1.96. The Morgan fingerprint density at radius 2 is 1.71 bits per heavy atom. The molecule has 0 aliphatic rings. The molecular formula is C9H16O4S. The average Bonchev–Trinajstić information content (AvgIpc) is 2.21. The number of terminal acetylenes is 1. The minimum Gasteiger partial charge on any atom is -0.394 e. The fraction of sp³-hybridized carbons (Fsp3) is 0.778. The van der Waals surface area contributed by atoms with Gasteiger partial charge in [-0.2, -0.15) is 0 Å². The second kappa shape index (κ2) is 10.8. The van der Waals surface area contributed by atoms with Gasteiger partial charge < -0.3 is 19.3 Å². The molecule has 1 atom stereocenters. The lowest BCUT2D eigenvalue weighted by molar-refractivity contribution is 0.00928. The van der Waals surface area contributed by atoms with Crippen LogP contribution in [0.2, 0.25) is 0 Å². The van der Waals surface area contributed by atoms with E-state index >= 15 is 0 Å². The molecule has 5 heteroatoms. The molecule has 82 valence electrons. The van der Waals surface area contributed by atoms with Gasteiger partial charge in [-0.1, -0.05) is 5.92 Å². The first-order valence-corrected chi connectivity index (χ1v) is 4.85. The molecule has 0 bridgehead atoms. The van der Waals surface area contributed by atoms with Crippen LogP contribution in [-0.2, 0) is 14.2 Å². The summed E-state index contributed by atoms with van der Waals surface area (Å²) in [4.78, 5) is 0. The first kappa shape index (κ1) is 13.8. The molecule has 0 aromatic carbocycles. The summed E-state index contributed by atoms with van der Waals surface area (Å²) < 4.78 is 15.2. The van der Waals surface area contributed by atoms with Gasteiger partial charge in [0.15, 0.2) is 5.44 Å². The Bertz CT molecular complexity index is 157. The summed E-state index contributed by atoms with van der Waals surface area (Å²) in [5.74, 6) is 2.32. The zero-order valence-corrected chi connectivity index (χ0v) is 8.91. The molecular weight excluding hydrogens is 204 g/mol. The Labute approximate surface area is 89.9 Å². The molecule has 0 saturated carbocycles. The van der Waals surface area contributed by atoms with Gasteiger partial charge in [0.1, 0.15) is 0 Å². The van der Waals surface area contributed by atoms with E-state index in [1.807, 2.05) is 0 Å². The van der Waals surface area contributed by atoms with Gasteiger partial charge in [0.05, 0.1) is 39.6 Å². The van der Waals surface area contributed by atoms with E-state index in [1.54, 1.807) is 0 Å². The number of aliphatic hydroxyl groups is 1. The van der Waals surface area contributed by atoms with E-state index in [0.717, 1.165) is 0 Å². The van der Waals surface area contributed by atoms with E-state index in [-0.39, 0.29) is 6.61 Å². The second-order valence-corrected chi connectivity index (χ2v) is 2.81. The molecule has 0 saturated heterocycles. The molecule has 0 aromatic heterocycles. The minimum absolute atomic E-state index is 0.0343. The Morgan fingerprint density at radius 3 is 2.29 bits per heavy atom. The van der Waals surface area contributed by atoms with Gasteiger partial charge in [-0.05, 0) is 0 Å². The molecule has 0 heterocycles. The van der Waals surface area contributed by atoms with Crippen molar-refractivity contribution in [1.82, 2.24) is 0 Å². The zero-order chi connectivity index (χ0) is 10.6. The van der Waals surface area contributed by atoms with E-state index in [1.165, 1.54) is 0 Å². The third-order valence-electron chi connectivity index (χ3n) is 1.25. The van der Waals surface area contributed by atoms with E-state index < -0.39 is 5.44 Å². The lowest BCUT2D eigenvalue weighted by Crippen LogP contribution is -2.12. The molecule has 4 nitrogen and oxygen atoms in total. The molecule has 0 radical (unpaired) electrons. The van der Waals surface area contributed by atoms with Crippen LogP contribution in [0, 0.1) is 12.3 Å². The van der Waals surface area contributed by atoms with E-state index in [9.17, 15) is 0 Å². The fourth-order valence-corrected chi connectivity index (χ4v) is 0.759. The van der Waals surface area contributed by atoms with Crippen molar-refractivity contribution in [1.29, 1.82) is 0 Å². The van der Waals surface area contributed by atoms with Crippen LogP contribution in [0.3, 0.4) is 0 Å². The van der Waals surface area contributed by atoms with Crippen LogP contribution in [0.5, 0.6) is 0 Å². The summed E-state index contributed by atoms with van der Waals surface area (Å²) in [5, 5.41) is 8.38. The first-order valence-electron chi connectivity index (χ1n) is 4.33. The van der Waals surface area contributed by atoms with Crippen molar-refractivity contribution in [3.05, 3.63) is 0 Å². The predicted octanol–water partition coefficient (Wildman–Crippen LogP) is -0.0824. The van der Waals surface area contributed by atoms with Crippen LogP contribution in [0.4, 0.5) is 0 Å². The average molecular weight is 220 g/mol. The van der Waals surface area contributed by atoms with E-state index in [4.69, 9.17) is 25.7 Å². The maximum absolute atomic E-state index is 8.38. The van der Waals surface area contributed by atoms with Gasteiger partial charge in [-0.3, -0.25) is 0 Å². The summed E-state index contributed by atoms with van der Waals surface area (Å²) in [7, 11) is 0. The number of aliphatic hydroxyl groups excluding tert-OH is 1. The second-order valence-electron chi connectivity index (χ2n) is 2.34. The monoisotopic (exact) mass is 220 g/mol. The number of rotatable bonds is 9. The Balaban J connectivity index is 2.96. The van der Waals surface area contributed by atoms with Gasteiger partial charge in [0, 0.05) is 0 Å². The quantitative estimate of drug-likeness (QED) is 0.247. The van der Waals surface area contributed by atoms with Crippen molar-refractivity contribution in [2.75, 3.05) is 39.6 Å². The van der Waals surface area contributed by atoms with Crippen LogP contribution in [0.1, 0.15) is 0 Å². The molecule has 14 heavy (non-hydrogen) atoms. The van der Waals surface area contributed by atoms with Crippen LogP contribution in [0.25, 0.3) is 0 Å². The van der Waals surface area contributed by atoms with Crippen molar-refractivity contribution >= 4 is 12.6 Å². The third-order valence-corrected chi connectivity index (χ3v) is 1.55. The Morgan fingerprint density at radius 1 is 1.14 bits per heavy atom. The Hall–Kier alpha value is -0.250. The van der Waals surface area contributed by atoms with Gasteiger partial charge in [-0.15, -0.1) is 19.1 Å². The van der Waals surface area contributed by atoms with Crippen LogP contribution < -0.4 is 0 Å². The van der Waals surface area contributed by atoms with Crippen LogP contribution in [-0.4, -0.2) is 50.2 Å². The lowest BCUT2D eigenvalue weighted by Gasteiger charge is -2.07. The highest BCUT2D eigenvalue weighted by Crippen LogP contribution is 1.93. The molecule has 0 rings (SSSR count). The normalized spacial score (nSPS) is 12.4. The van der Waals surface area contributed by atoms with Gasteiger partial charge in [0.2, 0.25) is 0 Å². The number of thiol groups is 1. The summed E-state index contributed by atoms with van der Waals surface area (Å²) >= 11 is 3.93. The summed E-state index contributed by atoms with van der Waals surface area (Å²) in [6, 6.07) is 0. The molecule has 0 aromatic rings. The van der Waals surface area contributed by atoms with Crippen LogP contribution >= 0.6 is 12.6 Å². The van der Waals surface area contributed by atoms with Gasteiger partial charge in [0.25, 0.3) is 0 Å². The van der Waals surface area contributed by atoms with Crippen molar-refractivity contribution in [2.45, 2.75) is 5.44 Å². The maximum atomic E-state index is 8.38. The van der Waals surface area contributed by atoms with Crippen LogP contribution in [0.15, 0.2) is 0 Å². The summed E-state index contributed by atoms with van der Waals surface area (Å²) in [5.41, 5.74) is -0.468. The smallest absolute Gasteiger partial charge is 0.161 e. The molecule has 0 aliphatic heterocycles. The Kier molecular flexibility index (Phi) is 10.6. The summed E-state index contributed by atoms with van der Waals surface area (Å²) in [6.45, 7) is 2.21. The topological polar surface area (TPSA) is 47.9 Å². The highest BCUT2D eigenvalue weighted by molar-refractivity contribution is 7.81. The van der Waals surface area contributed by atoms with Crippen molar-refractivity contribution in [3.63, 3.8) is 0 Å². The molecule has 0 fully saturated rings. The summed E-state index contributed by atoms with van der Waals surface area (Å²) in [6.07, 6.45) is 5.03. The number of hydrogen-bond acceptors (Lipinski definition) is 5. The molecule has 0 aliphatic carbocycles. The van der Waals surface area contributed by atoms with Crippen molar-refractivity contribution in [2.24, 2.45) is 0 Å². The molecule has 1 unspecified atom stereocenters. The third kappa shape index (κ3) is 9.84. The molecule has 0 spiro atoms. The van der Waals surface area contributed by atoms with E-state index in [0.29, 0.717) is 33.0 Å². The largest absolute Gasteiger partial charge is 0.394 e. The highest BCUT2D eigenvalue weighted by atomic mass is 32.1. The molecule has 1 N–H and O–H groups in total. The minimum atomic E-state index is -0.468. The van der Waals surface area contributed by atoms with Gasteiger partial charge >= 0.3 is 0 Å². The SMILES string of the molecule is C#CC(S)OCCOCCOCCO. The van der Waals surface area contributed by atoms with Crippen molar-refractivity contribution in [3.8, 4) is 12.3 Å². The van der Waals surface area contributed by atoms with Gasteiger partial charge in [-0.25, -0.2) is 0 Å². The van der Waals surface area contributed by atoms with Crippen molar-refractivity contribution < 1.29 is 19.3 Å². The lowest BCUT2D eigenvalue weighted by atomic mass is 10.7. The van der Waals surface area contributed by atoms with E-state index in [2.05, 4.69) is 18.5 Å².